The zero-order chi connectivity index (χ0) is 16.2. The summed E-state index contributed by atoms with van der Waals surface area (Å²) in [7, 11) is 1.63. The van der Waals surface area contributed by atoms with Crippen molar-refractivity contribution in [1.82, 2.24) is 14.9 Å². The first-order valence-corrected chi connectivity index (χ1v) is 7.63. The maximum absolute atomic E-state index is 12.8. The molecule has 6 heteroatoms. The van der Waals surface area contributed by atoms with Gasteiger partial charge in [0.15, 0.2) is 0 Å². The van der Waals surface area contributed by atoms with Gasteiger partial charge in [-0.2, -0.15) is 0 Å². The molecule has 1 saturated heterocycles. The molecule has 0 unspecified atom stereocenters. The lowest BCUT2D eigenvalue weighted by molar-refractivity contribution is 0.0732. The summed E-state index contributed by atoms with van der Waals surface area (Å²) in [6.45, 7) is 1.16. The number of aromatic nitrogens is 2. The van der Waals surface area contributed by atoms with Crippen molar-refractivity contribution in [2.75, 3.05) is 13.7 Å². The van der Waals surface area contributed by atoms with Crippen LogP contribution in [0.5, 0.6) is 0 Å². The third-order valence-corrected chi connectivity index (χ3v) is 4.05. The lowest BCUT2D eigenvalue weighted by Gasteiger charge is -2.24. The second-order valence-electron chi connectivity index (χ2n) is 5.62. The number of hydrogen-bond acceptors (Lipinski definition) is 4. The summed E-state index contributed by atoms with van der Waals surface area (Å²) < 4.78 is 5.12. The number of amides is 1. The molecule has 6 nitrogen and oxygen atoms in total. The zero-order valence-corrected chi connectivity index (χ0v) is 13.0. The van der Waals surface area contributed by atoms with E-state index in [9.17, 15) is 9.59 Å². The Kier molecular flexibility index (Phi) is 4.52. The Morgan fingerprint density at radius 1 is 1.43 bits per heavy atom. The van der Waals surface area contributed by atoms with Crippen LogP contribution in [0.2, 0.25) is 0 Å². The largest absolute Gasteiger partial charge is 0.380 e. The molecule has 1 aliphatic rings. The van der Waals surface area contributed by atoms with E-state index >= 15 is 0 Å². The third-order valence-electron chi connectivity index (χ3n) is 4.05. The molecule has 1 atom stereocenters. The lowest BCUT2D eigenvalue weighted by Crippen LogP contribution is -2.32. The first kappa shape index (κ1) is 15.4. The van der Waals surface area contributed by atoms with Crippen LogP contribution in [0.3, 0.4) is 0 Å². The first-order valence-electron chi connectivity index (χ1n) is 7.63. The molecule has 1 aromatic carbocycles. The molecule has 0 saturated carbocycles. The summed E-state index contributed by atoms with van der Waals surface area (Å²) in [6.07, 6.45) is 3.23. The van der Waals surface area contributed by atoms with Crippen LogP contribution < -0.4 is 5.69 Å². The molecule has 0 bridgehead atoms. The fourth-order valence-corrected chi connectivity index (χ4v) is 3.04. The molecule has 3 rings (SSSR count). The fraction of sp³-hybridized carbons (Fsp3) is 0.353. The molecular weight excluding hydrogens is 294 g/mol. The molecule has 1 amide bonds. The van der Waals surface area contributed by atoms with Crippen LogP contribution in [0.25, 0.3) is 0 Å². The molecule has 0 spiro atoms. The average Bonchev–Trinajstić information content (AvgIpc) is 3.04. The predicted molar refractivity (Wildman–Crippen MR) is 85.0 cm³/mol. The van der Waals surface area contributed by atoms with Crippen LogP contribution in [-0.4, -0.2) is 34.4 Å². The summed E-state index contributed by atoms with van der Waals surface area (Å²) in [4.78, 5) is 32.5. The summed E-state index contributed by atoms with van der Waals surface area (Å²) >= 11 is 0. The normalized spacial score (nSPS) is 17.4. The molecule has 0 aliphatic carbocycles. The highest BCUT2D eigenvalue weighted by Crippen LogP contribution is 2.31. The Labute approximate surface area is 134 Å². The Morgan fingerprint density at radius 2 is 2.30 bits per heavy atom. The van der Waals surface area contributed by atoms with Crippen molar-refractivity contribution in [2.24, 2.45) is 0 Å². The van der Waals surface area contributed by atoms with Gasteiger partial charge >= 0.3 is 5.69 Å². The number of carbonyl (C=O) groups excluding carboxylic acids is 1. The van der Waals surface area contributed by atoms with E-state index in [0.29, 0.717) is 18.7 Å². The standard InChI is InChI=1S/C17H19N3O3/c1-23-11-12-4-2-5-13(10-12)16(21)20-9-3-6-15(20)14-7-8-18-17(22)19-14/h2,4-5,7-8,10,15H,3,6,9,11H2,1H3,(H,18,19,22)/t15-/m0/s1. The van der Waals surface area contributed by atoms with Gasteiger partial charge < -0.3 is 14.6 Å². The predicted octanol–water partition coefficient (Wildman–Crippen LogP) is 1.89. The number of H-pyrrole nitrogens is 1. The van der Waals surface area contributed by atoms with Gasteiger partial charge in [0.25, 0.3) is 5.91 Å². The molecule has 1 aromatic heterocycles. The fourth-order valence-electron chi connectivity index (χ4n) is 3.04. The van der Waals surface area contributed by atoms with E-state index in [-0.39, 0.29) is 17.6 Å². The van der Waals surface area contributed by atoms with Crippen molar-refractivity contribution < 1.29 is 9.53 Å². The van der Waals surface area contributed by atoms with Crippen LogP contribution >= 0.6 is 0 Å². The highest BCUT2D eigenvalue weighted by Gasteiger charge is 2.31. The van der Waals surface area contributed by atoms with E-state index < -0.39 is 0 Å². The van der Waals surface area contributed by atoms with Gasteiger partial charge in [-0.15, -0.1) is 0 Å². The van der Waals surface area contributed by atoms with E-state index in [1.165, 1.54) is 6.20 Å². The van der Waals surface area contributed by atoms with Gasteiger partial charge in [0.1, 0.15) is 0 Å². The number of benzene rings is 1. The van der Waals surface area contributed by atoms with E-state index in [1.807, 2.05) is 29.2 Å². The SMILES string of the molecule is COCc1cccc(C(=O)N2CCC[C@H]2c2ccnc(=O)[nH]2)c1. The van der Waals surface area contributed by atoms with Crippen molar-refractivity contribution in [3.05, 3.63) is 63.8 Å². The van der Waals surface area contributed by atoms with Crippen molar-refractivity contribution in [3.63, 3.8) is 0 Å². The van der Waals surface area contributed by atoms with Crippen molar-refractivity contribution in [3.8, 4) is 0 Å². The lowest BCUT2D eigenvalue weighted by atomic mass is 10.1. The van der Waals surface area contributed by atoms with E-state index in [4.69, 9.17) is 4.74 Å². The van der Waals surface area contributed by atoms with Gasteiger partial charge in [-0.1, -0.05) is 12.1 Å². The Balaban J connectivity index is 1.86. The monoisotopic (exact) mass is 313 g/mol. The average molecular weight is 313 g/mol. The maximum Gasteiger partial charge on any atom is 0.345 e. The Hall–Kier alpha value is -2.47. The molecular formula is C17H19N3O3. The van der Waals surface area contributed by atoms with E-state index in [2.05, 4.69) is 9.97 Å². The van der Waals surface area contributed by atoms with E-state index in [1.54, 1.807) is 13.2 Å². The molecule has 0 radical (unpaired) electrons. The minimum absolute atomic E-state index is 0.0249. The second-order valence-corrected chi connectivity index (χ2v) is 5.62. The minimum Gasteiger partial charge on any atom is -0.380 e. The topological polar surface area (TPSA) is 75.3 Å². The summed E-state index contributed by atoms with van der Waals surface area (Å²) in [5.74, 6) is -0.0249. The van der Waals surface area contributed by atoms with Gasteiger partial charge in [-0.3, -0.25) is 4.79 Å². The molecule has 2 aromatic rings. The summed E-state index contributed by atoms with van der Waals surface area (Å²) in [6, 6.07) is 9.12. The van der Waals surface area contributed by atoms with Crippen LogP contribution in [0.4, 0.5) is 0 Å². The second kappa shape index (κ2) is 6.75. The van der Waals surface area contributed by atoms with Crippen molar-refractivity contribution in [2.45, 2.75) is 25.5 Å². The van der Waals surface area contributed by atoms with Crippen LogP contribution in [0.1, 0.15) is 40.5 Å². The molecule has 120 valence electrons. The van der Waals surface area contributed by atoms with Crippen LogP contribution in [0, 0.1) is 0 Å². The third kappa shape index (κ3) is 3.32. The smallest absolute Gasteiger partial charge is 0.345 e. The number of nitrogens with zero attached hydrogens (tertiary/aromatic N) is 2. The molecule has 1 fully saturated rings. The number of carbonyl (C=O) groups is 1. The number of methoxy groups -OCH3 is 1. The number of hydrogen-bond donors (Lipinski definition) is 1. The van der Waals surface area contributed by atoms with E-state index in [0.717, 1.165) is 24.1 Å². The number of rotatable bonds is 4. The number of likely N-dealkylation sites (tertiary alicyclic amines) is 1. The van der Waals surface area contributed by atoms with Gasteiger partial charge in [0.05, 0.1) is 12.6 Å². The van der Waals surface area contributed by atoms with Gasteiger partial charge in [0, 0.05) is 31.1 Å². The van der Waals surface area contributed by atoms with Gasteiger partial charge in [0.2, 0.25) is 0 Å². The molecule has 23 heavy (non-hydrogen) atoms. The highest BCUT2D eigenvalue weighted by atomic mass is 16.5. The van der Waals surface area contributed by atoms with Crippen molar-refractivity contribution >= 4 is 5.91 Å². The quantitative estimate of drug-likeness (QED) is 0.935. The van der Waals surface area contributed by atoms with Gasteiger partial charge in [-0.25, -0.2) is 9.78 Å². The minimum atomic E-state index is -0.385. The Bertz CT molecular complexity index is 756. The number of ether oxygens (including phenoxy) is 1. The van der Waals surface area contributed by atoms with Crippen LogP contribution in [-0.2, 0) is 11.3 Å². The molecule has 1 N–H and O–H groups in total. The van der Waals surface area contributed by atoms with Gasteiger partial charge in [-0.05, 0) is 36.6 Å². The Morgan fingerprint density at radius 3 is 3.09 bits per heavy atom. The highest BCUT2D eigenvalue weighted by molar-refractivity contribution is 5.94. The zero-order valence-electron chi connectivity index (χ0n) is 13.0. The van der Waals surface area contributed by atoms with Crippen LogP contribution in [0.15, 0.2) is 41.3 Å². The molecule has 1 aliphatic heterocycles. The van der Waals surface area contributed by atoms with Crippen molar-refractivity contribution in [1.29, 1.82) is 0 Å². The molecule has 2 heterocycles. The number of aromatic amines is 1. The first-order chi connectivity index (χ1) is 11.2. The number of nitrogens with one attached hydrogen (secondary N) is 1. The summed E-state index contributed by atoms with van der Waals surface area (Å²) in [5, 5.41) is 0. The maximum atomic E-state index is 12.8. The summed E-state index contributed by atoms with van der Waals surface area (Å²) in [5.41, 5.74) is 1.96.